The molecule has 29 heavy (non-hydrogen) atoms. The van der Waals surface area contributed by atoms with Crippen molar-refractivity contribution in [3.8, 4) is 11.3 Å². The van der Waals surface area contributed by atoms with Gasteiger partial charge in [-0.1, -0.05) is 36.4 Å². The minimum Gasteiger partial charge on any atom is -0.354 e. The second kappa shape index (κ2) is 6.07. The van der Waals surface area contributed by atoms with Crippen LogP contribution in [0, 0.1) is 5.82 Å². The van der Waals surface area contributed by atoms with Crippen molar-refractivity contribution in [3.05, 3.63) is 84.2 Å². The van der Waals surface area contributed by atoms with Gasteiger partial charge < -0.3 is 5.32 Å². The molecule has 3 aromatic carbocycles. The van der Waals surface area contributed by atoms with Crippen LogP contribution < -0.4 is 5.32 Å². The van der Waals surface area contributed by atoms with Crippen LogP contribution in [0.4, 0.5) is 23.2 Å². The van der Waals surface area contributed by atoms with Crippen molar-refractivity contribution in [2.75, 3.05) is 5.32 Å². The lowest BCUT2D eigenvalue weighted by Gasteiger charge is -2.41. The number of aromatic nitrogens is 2. The van der Waals surface area contributed by atoms with E-state index in [1.54, 1.807) is 54.6 Å². The molecule has 0 amide bonds. The Balaban J connectivity index is 1.85. The second-order valence-electron chi connectivity index (χ2n) is 7.10. The molecule has 0 saturated carbocycles. The van der Waals surface area contributed by atoms with E-state index >= 15 is 0 Å². The molecule has 1 unspecified atom stereocenters. The number of halogens is 4. The fourth-order valence-electron chi connectivity index (χ4n) is 4.01. The molecular weight excluding hydrogens is 382 g/mol. The van der Waals surface area contributed by atoms with Crippen LogP contribution in [0.2, 0.25) is 0 Å². The predicted octanol–water partition coefficient (Wildman–Crippen LogP) is 5.73. The van der Waals surface area contributed by atoms with Gasteiger partial charge in [0.2, 0.25) is 5.66 Å². The molecule has 3 nitrogen and oxygen atoms in total. The number of rotatable bonds is 2. The molecule has 1 atom stereocenters. The van der Waals surface area contributed by atoms with Crippen LogP contribution in [0.5, 0.6) is 0 Å². The second-order valence-corrected chi connectivity index (χ2v) is 7.10. The van der Waals surface area contributed by atoms with Crippen LogP contribution >= 0.6 is 0 Å². The summed E-state index contributed by atoms with van der Waals surface area (Å²) in [5.74, 6) is -0.572. The summed E-state index contributed by atoms with van der Waals surface area (Å²) in [5, 5.41) is 7.58. The fourth-order valence-corrected chi connectivity index (χ4v) is 4.01. The molecule has 1 aliphatic heterocycles. The smallest absolute Gasteiger partial charge is 0.354 e. The SMILES string of the molecule is Fc1ccc2c(c1)CC(Nc1ccccc1)(C(F)(F)F)n1nc3ccccc3c1-2. The minimum absolute atomic E-state index is 0.281. The lowest BCUT2D eigenvalue weighted by Crippen LogP contribution is -2.57. The number of benzene rings is 3. The van der Waals surface area contributed by atoms with Gasteiger partial charge in [-0.2, -0.15) is 18.3 Å². The molecule has 1 N–H and O–H groups in total. The summed E-state index contributed by atoms with van der Waals surface area (Å²) < 4.78 is 59.0. The summed E-state index contributed by atoms with van der Waals surface area (Å²) >= 11 is 0. The summed E-state index contributed by atoms with van der Waals surface area (Å²) in [7, 11) is 0. The Morgan fingerprint density at radius 2 is 1.66 bits per heavy atom. The van der Waals surface area contributed by atoms with Crippen LogP contribution in [0.1, 0.15) is 5.56 Å². The van der Waals surface area contributed by atoms with Crippen LogP contribution in [0.25, 0.3) is 22.2 Å². The molecule has 5 rings (SSSR count). The Morgan fingerprint density at radius 1 is 0.931 bits per heavy atom. The van der Waals surface area contributed by atoms with Crippen molar-refractivity contribution in [3.63, 3.8) is 0 Å². The predicted molar refractivity (Wildman–Crippen MR) is 103 cm³/mol. The van der Waals surface area contributed by atoms with E-state index in [1.165, 1.54) is 18.2 Å². The topological polar surface area (TPSA) is 29.9 Å². The Hall–Kier alpha value is -3.35. The molecule has 0 spiro atoms. The van der Waals surface area contributed by atoms with Crippen LogP contribution in [0.15, 0.2) is 72.8 Å². The van der Waals surface area contributed by atoms with Gasteiger partial charge in [0.25, 0.3) is 0 Å². The van der Waals surface area contributed by atoms with Crippen molar-refractivity contribution < 1.29 is 17.6 Å². The summed E-state index contributed by atoms with van der Waals surface area (Å²) in [6, 6.07) is 19.0. The van der Waals surface area contributed by atoms with Crippen molar-refractivity contribution in [2.24, 2.45) is 0 Å². The number of hydrogen-bond acceptors (Lipinski definition) is 2. The largest absolute Gasteiger partial charge is 0.432 e. The standard InChI is InChI=1S/C22H15F4N3/c23-15-10-11-17-14(12-15)13-21(22(24,25)26,27-16-6-2-1-3-7-16)29-20(17)18-8-4-5-9-19(18)28-29/h1-12,27H,13H2. The highest BCUT2D eigenvalue weighted by molar-refractivity contribution is 5.95. The van der Waals surface area contributed by atoms with Crippen molar-refractivity contribution in [1.29, 1.82) is 0 Å². The van der Waals surface area contributed by atoms with E-state index in [9.17, 15) is 17.6 Å². The van der Waals surface area contributed by atoms with E-state index in [-0.39, 0.29) is 5.56 Å². The average molecular weight is 397 g/mol. The zero-order chi connectivity index (χ0) is 20.2. The molecule has 0 fully saturated rings. The van der Waals surface area contributed by atoms with E-state index in [0.717, 1.165) is 4.68 Å². The first-order chi connectivity index (χ1) is 13.9. The average Bonchev–Trinajstić information content (AvgIpc) is 3.08. The highest BCUT2D eigenvalue weighted by Crippen LogP contribution is 2.48. The maximum Gasteiger partial charge on any atom is 0.432 e. The van der Waals surface area contributed by atoms with Crippen molar-refractivity contribution >= 4 is 16.6 Å². The number of para-hydroxylation sites is 1. The van der Waals surface area contributed by atoms with E-state index in [2.05, 4.69) is 10.4 Å². The van der Waals surface area contributed by atoms with Gasteiger partial charge in [0.15, 0.2) is 0 Å². The number of fused-ring (bicyclic) bond motifs is 5. The normalized spacial score (nSPS) is 18.3. The molecule has 0 bridgehead atoms. The third kappa shape index (κ3) is 2.61. The monoisotopic (exact) mass is 397 g/mol. The Bertz CT molecular complexity index is 1210. The Kier molecular flexibility index (Phi) is 3.71. The lowest BCUT2D eigenvalue weighted by atomic mass is 9.88. The van der Waals surface area contributed by atoms with Gasteiger partial charge in [0.1, 0.15) is 5.82 Å². The summed E-state index contributed by atoms with van der Waals surface area (Å²) in [5.41, 5.74) is -0.650. The molecule has 7 heteroatoms. The first-order valence-electron chi connectivity index (χ1n) is 9.06. The summed E-state index contributed by atoms with van der Waals surface area (Å²) in [4.78, 5) is 0. The van der Waals surface area contributed by atoms with Crippen molar-refractivity contribution in [1.82, 2.24) is 9.78 Å². The summed E-state index contributed by atoms with van der Waals surface area (Å²) in [6.45, 7) is 0. The summed E-state index contributed by atoms with van der Waals surface area (Å²) in [6.07, 6.45) is -5.19. The van der Waals surface area contributed by atoms with Gasteiger partial charge in [-0.15, -0.1) is 0 Å². The van der Waals surface area contributed by atoms with E-state index in [1.807, 2.05) is 0 Å². The van der Waals surface area contributed by atoms with Crippen LogP contribution in [-0.2, 0) is 12.1 Å². The van der Waals surface area contributed by atoms with E-state index in [4.69, 9.17) is 0 Å². The first kappa shape index (κ1) is 17.7. The molecule has 0 aliphatic carbocycles. The number of alkyl halides is 3. The maximum absolute atomic E-state index is 14.7. The molecule has 0 saturated heterocycles. The molecule has 1 aliphatic rings. The molecule has 1 aromatic heterocycles. The fraction of sp³-hybridized carbons (Fsp3) is 0.136. The van der Waals surface area contributed by atoms with E-state index < -0.39 is 24.1 Å². The maximum atomic E-state index is 14.7. The number of anilines is 1. The Labute approximate surface area is 163 Å². The minimum atomic E-state index is -4.70. The number of nitrogens with zero attached hydrogens (tertiary/aromatic N) is 2. The molecule has 4 aromatic rings. The first-order valence-corrected chi connectivity index (χ1v) is 9.06. The number of hydrogen-bond donors (Lipinski definition) is 1. The third-order valence-electron chi connectivity index (χ3n) is 5.30. The van der Waals surface area contributed by atoms with Crippen LogP contribution in [-0.4, -0.2) is 16.0 Å². The van der Waals surface area contributed by atoms with Gasteiger partial charge >= 0.3 is 6.18 Å². The van der Waals surface area contributed by atoms with Gasteiger partial charge in [-0.25, -0.2) is 9.07 Å². The van der Waals surface area contributed by atoms with E-state index in [0.29, 0.717) is 27.8 Å². The quantitative estimate of drug-likeness (QED) is 0.438. The van der Waals surface area contributed by atoms with Gasteiger partial charge in [-0.3, -0.25) is 0 Å². The van der Waals surface area contributed by atoms with Crippen LogP contribution in [0.3, 0.4) is 0 Å². The highest BCUT2D eigenvalue weighted by Gasteiger charge is 2.60. The zero-order valence-electron chi connectivity index (χ0n) is 15.0. The molecule has 146 valence electrons. The zero-order valence-corrected chi connectivity index (χ0v) is 15.0. The highest BCUT2D eigenvalue weighted by atomic mass is 19.4. The molecule has 2 heterocycles. The Morgan fingerprint density at radius 3 is 2.41 bits per heavy atom. The lowest BCUT2D eigenvalue weighted by molar-refractivity contribution is -0.208. The third-order valence-corrected chi connectivity index (χ3v) is 5.30. The number of nitrogens with one attached hydrogen (secondary N) is 1. The molecule has 0 radical (unpaired) electrons. The van der Waals surface area contributed by atoms with Gasteiger partial charge in [0, 0.05) is 23.1 Å². The van der Waals surface area contributed by atoms with Gasteiger partial charge in [0.05, 0.1) is 11.2 Å². The van der Waals surface area contributed by atoms with Crippen molar-refractivity contribution in [2.45, 2.75) is 18.3 Å². The molecular formula is C22H15F4N3. The van der Waals surface area contributed by atoms with Gasteiger partial charge in [-0.05, 0) is 42.0 Å².